The second kappa shape index (κ2) is 14.9. The van der Waals surface area contributed by atoms with Crippen LogP contribution in [0.15, 0.2) is 60.7 Å². The number of ether oxygens (including phenoxy) is 2. The first-order chi connectivity index (χ1) is 16.1. The highest BCUT2D eigenvalue weighted by molar-refractivity contribution is 5.83. The number of amides is 3. The maximum absolute atomic E-state index is 12.5. The molecule has 1 atom stereocenters. The molecule has 2 aromatic rings. The fourth-order valence-electron chi connectivity index (χ4n) is 2.86. The number of rotatable bonds is 12. The van der Waals surface area contributed by atoms with Crippen molar-refractivity contribution in [1.82, 2.24) is 16.0 Å². The molecule has 3 amide bonds. The molecule has 8 heteroatoms. The Kier molecular flexibility index (Phi) is 11.4. The van der Waals surface area contributed by atoms with Gasteiger partial charge in [0.05, 0.1) is 6.54 Å². The molecule has 174 valence electrons. The number of hydrogen-bond acceptors (Lipinski definition) is 5. The minimum atomic E-state index is -0.837. The number of alkyl carbamates (subject to hydrolysis) is 1. The molecular formula is C25H29N3O5. The highest BCUT2D eigenvalue weighted by Crippen LogP contribution is 2.07. The van der Waals surface area contributed by atoms with E-state index in [0.29, 0.717) is 25.8 Å². The van der Waals surface area contributed by atoms with Crippen molar-refractivity contribution in [2.75, 3.05) is 13.1 Å². The number of terminal acetylenes is 1. The van der Waals surface area contributed by atoms with Gasteiger partial charge in [-0.1, -0.05) is 66.6 Å². The fraction of sp³-hybridized carbons (Fsp3) is 0.320. The van der Waals surface area contributed by atoms with E-state index in [1.54, 1.807) is 0 Å². The molecular weight excluding hydrogens is 422 g/mol. The molecule has 0 heterocycles. The van der Waals surface area contributed by atoms with Gasteiger partial charge in [0.1, 0.15) is 19.3 Å². The maximum Gasteiger partial charge on any atom is 0.407 e. The molecule has 0 saturated heterocycles. The maximum atomic E-state index is 12.5. The standard InChI is InChI=1S/C25H29N3O5/c1-2-16-26-24(30)28-22(23(29)32-18-20-11-5-3-6-12-20)15-9-10-17-27-25(31)33-19-21-13-7-4-8-14-21/h1,3-8,11-14,22H,9-10,15-19H2,(H,27,31)(H2,26,28,30). The van der Waals surface area contributed by atoms with Crippen LogP contribution in [0.2, 0.25) is 0 Å². The third kappa shape index (κ3) is 10.7. The molecule has 0 radical (unpaired) electrons. The van der Waals surface area contributed by atoms with Crippen molar-refractivity contribution < 1.29 is 23.9 Å². The molecule has 1 unspecified atom stereocenters. The Morgan fingerprint density at radius 3 is 2.06 bits per heavy atom. The van der Waals surface area contributed by atoms with E-state index in [4.69, 9.17) is 15.9 Å². The second-order valence-corrected chi connectivity index (χ2v) is 7.16. The van der Waals surface area contributed by atoms with Gasteiger partial charge < -0.3 is 25.4 Å². The number of urea groups is 1. The summed E-state index contributed by atoms with van der Waals surface area (Å²) >= 11 is 0. The van der Waals surface area contributed by atoms with E-state index >= 15 is 0 Å². The summed E-state index contributed by atoms with van der Waals surface area (Å²) in [5, 5.41) is 7.73. The lowest BCUT2D eigenvalue weighted by Crippen LogP contribution is -2.46. The van der Waals surface area contributed by atoms with Gasteiger partial charge in [-0.2, -0.15) is 0 Å². The lowest BCUT2D eigenvalue weighted by molar-refractivity contribution is -0.147. The van der Waals surface area contributed by atoms with Crippen LogP contribution in [-0.2, 0) is 27.5 Å². The van der Waals surface area contributed by atoms with E-state index in [0.717, 1.165) is 11.1 Å². The predicted molar refractivity (Wildman–Crippen MR) is 124 cm³/mol. The first-order valence-corrected chi connectivity index (χ1v) is 10.7. The fourth-order valence-corrected chi connectivity index (χ4v) is 2.86. The van der Waals surface area contributed by atoms with Crippen LogP contribution < -0.4 is 16.0 Å². The van der Waals surface area contributed by atoms with Crippen LogP contribution >= 0.6 is 0 Å². The molecule has 2 aromatic carbocycles. The molecule has 0 aliphatic rings. The summed E-state index contributed by atoms with van der Waals surface area (Å²) in [7, 11) is 0. The summed E-state index contributed by atoms with van der Waals surface area (Å²) in [6, 6.07) is 17.3. The minimum absolute atomic E-state index is 0.0482. The summed E-state index contributed by atoms with van der Waals surface area (Å²) < 4.78 is 10.5. The van der Waals surface area contributed by atoms with Crippen LogP contribution in [-0.4, -0.2) is 37.2 Å². The number of nitrogens with one attached hydrogen (secondary N) is 3. The topological polar surface area (TPSA) is 106 Å². The lowest BCUT2D eigenvalue weighted by atomic mass is 10.1. The van der Waals surface area contributed by atoms with Gasteiger partial charge in [-0.3, -0.25) is 0 Å². The van der Waals surface area contributed by atoms with Gasteiger partial charge in [-0.05, 0) is 30.4 Å². The molecule has 0 spiro atoms. The first kappa shape index (κ1) is 25.3. The Morgan fingerprint density at radius 2 is 1.45 bits per heavy atom. The third-order valence-electron chi connectivity index (χ3n) is 4.57. The van der Waals surface area contributed by atoms with Crippen molar-refractivity contribution in [1.29, 1.82) is 0 Å². The van der Waals surface area contributed by atoms with Gasteiger partial charge in [0.2, 0.25) is 0 Å². The van der Waals surface area contributed by atoms with Crippen molar-refractivity contribution in [3.05, 3.63) is 71.8 Å². The third-order valence-corrected chi connectivity index (χ3v) is 4.57. The Labute approximate surface area is 194 Å². The SMILES string of the molecule is C#CCNC(=O)NC(CCCCNC(=O)OCc1ccccc1)C(=O)OCc1ccccc1. The van der Waals surface area contributed by atoms with Crippen molar-refractivity contribution in [3.63, 3.8) is 0 Å². The van der Waals surface area contributed by atoms with E-state index < -0.39 is 24.1 Å². The van der Waals surface area contributed by atoms with Crippen LogP contribution in [0.25, 0.3) is 0 Å². The van der Waals surface area contributed by atoms with Crippen molar-refractivity contribution in [2.45, 2.75) is 38.5 Å². The number of benzene rings is 2. The number of carbonyl (C=O) groups excluding carboxylic acids is 3. The lowest BCUT2D eigenvalue weighted by Gasteiger charge is -2.18. The molecule has 2 rings (SSSR count). The highest BCUT2D eigenvalue weighted by atomic mass is 16.5. The number of esters is 1. The molecule has 0 aromatic heterocycles. The van der Waals surface area contributed by atoms with E-state index in [1.165, 1.54) is 0 Å². The van der Waals surface area contributed by atoms with E-state index in [-0.39, 0.29) is 19.8 Å². The molecule has 0 bridgehead atoms. The highest BCUT2D eigenvalue weighted by Gasteiger charge is 2.22. The number of unbranched alkanes of at least 4 members (excludes halogenated alkanes) is 1. The molecule has 3 N–H and O–H groups in total. The van der Waals surface area contributed by atoms with Crippen LogP contribution in [0, 0.1) is 12.3 Å². The minimum Gasteiger partial charge on any atom is -0.459 e. The molecule has 0 aliphatic carbocycles. The van der Waals surface area contributed by atoms with E-state index in [1.807, 2.05) is 60.7 Å². The van der Waals surface area contributed by atoms with Crippen molar-refractivity contribution >= 4 is 18.1 Å². The molecule has 8 nitrogen and oxygen atoms in total. The molecule has 0 aliphatic heterocycles. The van der Waals surface area contributed by atoms with Gasteiger partial charge in [0.25, 0.3) is 0 Å². The number of hydrogen-bond donors (Lipinski definition) is 3. The monoisotopic (exact) mass is 451 g/mol. The average molecular weight is 452 g/mol. The zero-order valence-corrected chi connectivity index (χ0v) is 18.4. The largest absolute Gasteiger partial charge is 0.459 e. The van der Waals surface area contributed by atoms with Crippen LogP contribution in [0.5, 0.6) is 0 Å². The van der Waals surface area contributed by atoms with Gasteiger partial charge >= 0.3 is 18.1 Å². The van der Waals surface area contributed by atoms with Gasteiger partial charge in [0, 0.05) is 6.54 Å². The summed E-state index contributed by atoms with van der Waals surface area (Å²) in [5.74, 6) is 1.76. The molecule has 0 saturated carbocycles. The smallest absolute Gasteiger partial charge is 0.407 e. The Bertz CT molecular complexity index is 913. The Balaban J connectivity index is 1.72. The summed E-state index contributed by atoms with van der Waals surface area (Å²) in [5.41, 5.74) is 1.75. The summed E-state index contributed by atoms with van der Waals surface area (Å²) in [4.78, 5) is 36.3. The molecule has 0 fully saturated rings. The van der Waals surface area contributed by atoms with Gasteiger partial charge in [0.15, 0.2) is 0 Å². The van der Waals surface area contributed by atoms with Crippen LogP contribution in [0.1, 0.15) is 30.4 Å². The van der Waals surface area contributed by atoms with E-state index in [2.05, 4.69) is 21.9 Å². The Hall–Kier alpha value is -3.99. The average Bonchev–Trinajstić information content (AvgIpc) is 2.85. The van der Waals surface area contributed by atoms with Crippen molar-refractivity contribution in [2.24, 2.45) is 0 Å². The van der Waals surface area contributed by atoms with E-state index in [9.17, 15) is 14.4 Å². The summed E-state index contributed by atoms with van der Waals surface area (Å²) in [6.45, 7) is 0.729. The summed E-state index contributed by atoms with van der Waals surface area (Å²) in [6.07, 6.45) is 6.14. The van der Waals surface area contributed by atoms with Gasteiger partial charge in [-0.15, -0.1) is 6.42 Å². The van der Waals surface area contributed by atoms with Crippen LogP contribution in [0.3, 0.4) is 0 Å². The first-order valence-electron chi connectivity index (χ1n) is 10.7. The second-order valence-electron chi connectivity index (χ2n) is 7.16. The zero-order chi connectivity index (χ0) is 23.7. The predicted octanol–water partition coefficient (Wildman–Crippen LogP) is 3.13. The normalized spacial score (nSPS) is 10.9. The van der Waals surface area contributed by atoms with Crippen LogP contribution in [0.4, 0.5) is 9.59 Å². The quantitative estimate of drug-likeness (QED) is 0.261. The van der Waals surface area contributed by atoms with Crippen molar-refractivity contribution in [3.8, 4) is 12.3 Å². The molecule has 33 heavy (non-hydrogen) atoms. The zero-order valence-electron chi connectivity index (χ0n) is 18.4. The Morgan fingerprint density at radius 1 is 0.848 bits per heavy atom. The van der Waals surface area contributed by atoms with Gasteiger partial charge in [-0.25, -0.2) is 14.4 Å². The number of carbonyl (C=O) groups is 3.